The third kappa shape index (κ3) is 4.46. The van der Waals surface area contributed by atoms with Crippen molar-refractivity contribution in [2.24, 2.45) is 5.92 Å². The molecule has 2 heterocycles. The minimum Gasteiger partial charge on any atom is -0.339 e. The average Bonchev–Trinajstić information content (AvgIpc) is 2.46. The van der Waals surface area contributed by atoms with Gasteiger partial charge in [-0.15, -0.1) is 0 Å². The molecule has 110 valence electrons. The molecule has 1 N–H and O–H groups in total. The van der Waals surface area contributed by atoms with Gasteiger partial charge < -0.3 is 10.2 Å². The largest absolute Gasteiger partial charge is 0.339 e. The monoisotopic (exact) mass is 267 g/mol. The first kappa shape index (κ1) is 14.8. The van der Waals surface area contributed by atoms with Crippen LogP contribution < -0.4 is 5.32 Å². The highest BCUT2D eigenvalue weighted by Crippen LogP contribution is 2.12. The highest BCUT2D eigenvalue weighted by molar-refractivity contribution is 5.82. The molecule has 19 heavy (non-hydrogen) atoms. The Kier molecular flexibility index (Phi) is 5.64. The molecule has 2 rings (SSSR count). The van der Waals surface area contributed by atoms with E-state index in [4.69, 9.17) is 0 Å². The number of nitrogens with zero attached hydrogens (tertiary/aromatic N) is 2. The summed E-state index contributed by atoms with van der Waals surface area (Å²) < 4.78 is 0. The fourth-order valence-electron chi connectivity index (χ4n) is 2.92. The number of rotatable bonds is 4. The Balaban J connectivity index is 1.71. The number of nitrogens with one attached hydrogen (secondary N) is 1. The molecule has 0 aromatic carbocycles. The van der Waals surface area contributed by atoms with Crippen LogP contribution in [0.2, 0.25) is 0 Å². The second kappa shape index (κ2) is 7.25. The normalized spacial score (nSPS) is 25.8. The molecule has 2 saturated heterocycles. The standard InChI is InChI=1S/C15H29N3O/c1-13(2)6-8-17-9-11-18(12-10-17)15(19)14-5-3-4-7-16-14/h13-14,16H,3-12H2,1-2H3/t14-/m1/s1. The van der Waals surface area contributed by atoms with E-state index in [9.17, 15) is 4.79 Å². The molecule has 4 nitrogen and oxygen atoms in total. The van der Waals surface area contributed by atoms with E-state index in [1.807, 2.05) is 0 Å². The summed E-state index contributed by atoms with van der Waals surface area (Å²) in [5, 5.41) is 3.36. The predicted molar refractivity (Wildman–Crippen MR) is 78.1 cm³/mol. The lowest BCUT2D eigenvalue weighted by atomic mass is 10.0. The molecule has 2 aliphatic rings. The van der Waals surface area contributed by atoms with Crippen molar-refractivity contribution in [1.82, 2.24) is 15.1 Å². The van der Waals surface area contributed by atoms with Gasteiger partial charge in [0.2, 0.25) is 5.91 Å². The third-order valence-electron chi connectivity index (χ3n) is 4.32. The quantitative estimate of drug-likeness (QED) is 0.834. The zero-order valence-corrected chi connectivity index (χ0v) is 12.5. The van der Waals surface area contributed by atoms with Crippen LogP contribution in [0.3, 0.4) is 0 Å². The topological polar surface area (TPSA) is 35.6 Å². The van der Waals surface area contributed by atoms with E-state index < -0.39 is 0 Å². The zero-order valence-electron chi connectivity index (χ0n) is 12.5. The number of amides is 1. The maximum atomic E-state index is 12.4. The first-order valence-electron chi connectivity index (χ1n) is 7.91. The summed E-state index contributed by atoms with van der Waals surface area (Å²) in [6, 6.07) is 0.0935. The first-order valence-corrected chi connectivity index (χ1v) is 7.91. The van der Waals surface area contributed by atoms with Crippen LogP contribution in [-0.2, 0) is 4.79 Å². The van der Waals surface area contributed by atoms with Crippen LogP contribution in [0.5, 0.6) is 0 Å². The lowest BCUT2D eigenvalue weighted by molar-refractivity contribution is -0.135. The second-order valence-corrected chi connectivity index (χ2v) is 6.35. The molecule has 0 spiro atoms. The van der Waals surface area contributed by atoms with Crippen molar-refractivity contribution in [1.29, 1.82) is 0 Å². The van der Waals surface area contributed by atoms with Gasteiger partial charge in [0, 0.05) is 26.2 Å². The number of piperazine rings is 1. The first-order chi connectivity index (χ1) is 9.16. The molecule has 0 aromatic heterocycles. The molecular formula is C15H29N3O. The van der Waals surface area contributed by atoms with Crippen LogP contribution in [0.25, 0.3) is 0 Å². The van der Waals surface area contributed by atoms with Gasteiger partial charge in [-0.25, -0.2) is 0 Å². The van der Waals surface area contributed by atoms with E-state index in [1.54, 1.807) is 0 Å². The number of hydrogen-bond acceptors (Lipinski definition) is 3. The lowest BCUT2D eigenvalue weighted by Crippen LogP contribution is -2.55. The van der Waals surface area contributed by atoms with E-state index in [0.29, 0.717) is 5.91 Å². The van der Waals surface area contributed by atoms with E-state index in [0.717, 1.165) is 45.1 Å². The zero-order chi connectivity index (χ0) is 13.7. The molecule has 0 aromatic rings. The minimum absolute atomic E-state index is 0.0935. The molecule has 0 saturated carbocycles. The summed E-state index contributed by atoms with van der Waals surface area (Å²) >= 11 is 0. The van der Waals surface area contributed by atoms with Gasteiger partial charge in [-0.3, -0.25) is 9.69 Å². The van der Waals surface area contributed by atoms with E-state index in [1.165, 1.54) is 25.8 Å². The molecule has 0 aliphatic carbocycles. The van der Waals surface area contributed by atoms with Gasteiger partial charge in [0.05, 0.1) is 6.04 Å². The van der Waals surface area contributed by atoms with Crippen LogP contribution >= 0.6 is 0 Å². The van der Waals surface area contributed by atoms with Crippen LogP contribution in [0.15, 0.2) is 0 Å². The van der Waals surface area contributed by atoms with Crippen molar-refractivity contribution in [3.63, 3.8) is 0 Å². The lowest BCUT2D eigenvalue weighted by Gasteiger charge is -2.37. The minimum atomic E-state index is 0.0935. The number of piperidine rings is 1. The maximum absolute atomic E-state index is 12.4. The van der Waals surface area contributed by atoms with Gasteiger partial charge in [-0.2, -0.15) is 0 Å². The van der Waals surface area contributed by atoms with E-state index in [2.05, 4.69) is 29.0 Å². The Morgan fingerprint density at radius 2 is 1.95 bits per heavy atom. The van der Waals surface area contributed by atoms with Crippen molar-refractivity contribution >= 4 is 5.91 Å². The molecule has 2 aliphatic heterocycles. The highest BCUT2D eigenvalue weighted by atomic mass is 16.2. The fourth-order valence-corrected chi connectivity index (χ4v) is 2.92. The highest BCUT2D eigenvalue weighted by Gasteiger charge is 2.27. The van der Waals surface area contributed by atoms with Gasteiger partial charge in [-0.1, -0.05) is 20.3 Å². The van der Waals surface area contributed by atoms with Gasteiger partial charge in [0.25, 0.3) is 0 Å². The van der Waals surface area contributed by atoms with Crippen LogP contribution in [0, 0.1) is 5.92 Å². The molecule has 0 radical (unpaired) electrons. The van der Waals surface area contributed by atoms with Gasteiger partial charge in [-0.05, 0) is 38.3 Å². The van der Waals surface area contributed by atoms with E-state index >= 15 is 0 Å². The average molecular weight is 267 g/mol. The summed E-state index contributed by atoms with van der Waals surface area (Å²) in [4.78, 5) is 16.9. The van der Waals surface area contributed by atoms with Crippen molar-refractivity contribution in [2.45, 2.75) is 45.6 Å². The SMILES string of the molecule is CC(C)CCN1CCN(C(=O)[C@H]2CCCCN2)CC1. The predicted octanol–water partition coefficient (Wildman–Crippen LogP) is 1.32. The van der Waals surface area contributed by atoms with Crippen molar-refractivity contribution in [3.8, 4) is 0 Å². The Hall–Kier alpha value is -0.610. The van der Waals surface area contributed by atoms with Crippen molar-refractivity contribution in [3.05, 3.63) is 0 Å². The summed E-state index contributed by atoms with van der Waals surface area (Å²) in [7, 11) is 0. The second-order valence-electron chi connectivity index (χ2n) is 6.35. The van der Waals surface area contributed by atoms with Crippen LogP contribution in [0.4, 0.5) is 0 Å². The molecule has 0 bridgehead atoms. The number of carbonyl (C=O) groups is 1. The van der Waals surface area contributed by atoms with Gasteiger partial charge >= 0.3 is 0 Å². The smallest absolute Gasteiger partial charge is 0.239 e. The molecule has 2 fully saturated rings. The fraction of sp³-hybridized carbons (Fsp3) is 0.933. The molecule has 1 atom stereocenters. The van der Waals surface area contributed by atoms with E-state index in [-0.39, 0.29) is 6.04 Å². The molecular weight excluding hydrogens is 238 g/mol. The summed E-state index contributed by atoms with van der Waals surface area (Å²) in [6.07, 6.45) is 4.69. The molecule has 1 amide bonds. The summed E-state index contributed by atoms with van der Waals surface area (Å²) in [6.45, 7) is 10.6. The van der Waals surface area contributed by atoms with Gasteiger partial charge in [0.1, 0.15) is 0 Å². The molecule has 4 heteroatoms. The number of carbonyl (C=O) groups excluding carboxylic acids is 1. The van der Waals surface area contributed by atoms with Crippen molar-refractivity contribution in [2.75, 3.05) is 39.3 Å². The number of hydrogen-bond donors (Lipinski definition) is 1. The Morgan fingerprint density at radius 1 is 1.21 bits per heavy atom. The third-order valence-corrected chi connectivity index (χ3v) is 4.32. The Morgan fingerprint density at radius 3 is 2.53 bits per heavy atom. The summed E-state index contributed by atoms with van der Waals surface area (Å²) in [5.74, 6) is 1.11. The maximum Gasteiger partial charge on any atom is 0.239 e. The van der Waals surface area contributed by atoms with Gasteiger partial charge in [0.15, 0.2) is 0 Å². The van der Waals surface area contributed by atoms with Crippen LogP contribution in [-0.4, -0.2) is 61.0 Å². The Bertz CT molecular complexity index is 279. The Labute approximate surface area is 117 Å². The summed E-state index contributed by atoms with van der Waals surface area (Å²) in [5.41, 5.74) is 0. The molecule has 0 unspecified atom stereocenters. The van der Waals surface area contributed by atoms with Crippen molar-refractivity contribution < 1.29 is 4.79 Å². The van der Waals surface area contributed by atoms with Crippen LogP contribution in [0.1, 0.15) is 39.5 Å².